The lowest BCUT2D eigenvalue weighted by molar-refractivity contribution is -0.135. The van der Waals surface area contributed by atoms with Gasteiger partial charge in [0.05, 0.1) is 17.5 Å². The average Bonchev–Trinajstić information content (AvgIpc) is 2.20. The highest BCUT2D eigenvalue weighted by molar-refractivity contribution is 7.80. The first-order chi connectivity index (χ1) is 7.45. The van der Waals surface area contributed by atoms with Gasteiger partial charge in [0.1, 0.15) is 0 Å². The van der Waals surface area contributed by atoms with Crippen molar-refractivity contribution in [3.8, 4) is 0 Å². The molecule has 0 saturated heterocycles. The van der Waals surface area contributed by atoms with Crippen molar-refractivity contribution in [1.82, 2.24) is 4.90 Å². The lowest BCUT2D eigenvalue weighted by Crippen LogP contribution is -2.45. The van der Waals surface area contributed by atoms with E-state index in [4.69, 9.17) is 23.1 Å². The number of rotatable bonds is 7. The van der Waals surface area contributed by atoms with Crippen molar-refractivity contribution in [2.24, 2.45) is 11.7 Å². The highest BCUT2D eigenvalue weighted by Crippen LogP contribution is 2.13. The molecule has 4 nitrogen and oxygen atoms in total. The van der Waals surface area contributed by atoms with Crippen molar-refractivity contribution >= 4 is 23.1 Å². The van der Waals surface area contributed by atoms with Crippen molar-refractivity contribution in [3.05, 3.63) is 0 Å². The van der Waals surface area contributed by atoms with Crippen molar-refractivity contribution in [2.75, 3.05) is 13.2 Å². The van der Waals surface area contributed by atoms with Gasteiger partial charge in [-0.15, -0.1) is 0 Å². The van der Waals surface area contributed by atoms with Crippen LogP contribution in [0.5, 0.6) is 0 Å². The van der Waals surface area contributed by atoms with E-state index in [0.29, 0.717) is 13.0 Å². The van der Waals surface area contributed by atoms with E-state index in [9.17, 15) is 4.79 Å². The number of nitrogens with zero attached hydrogens (tertiary/aromatic N) is 1. The maximum Gasteiger partial charge on any atom is 0.232 e. The predicted octanol–water partition coefficient (Wildman–Crippen LogP) is 0.918. The molecule has 1 amide bonds. The van der Waals surface area contributed by atoms with Crippen LogP contribution in [0.2, 0.25) is 0 Å². The molecular weight excluding hydrogens is 224 g/mol. The van der Waals surface area contributed by atoms with E-state index in [1.807, 2.05) is 20.8 Å². The summed E-state index contributed by atoms with van der Waals surface area (Å²) in [5, 5.41) is 8.93. The van der Waals surface area contributed by atoms with Gasteiger partial charge in [0, 0.05) is 12.6 Å². The van der Waals surface area contributed by atoms with Crippen LogP contribution in [0.1, 0.15) is 33.6 Å². The highest BCUT2D eigenvalue weighted by atomic mass is 32.1. The van der Waals surface area contributed by atoms with Crippen molar-refractivity contribution in [3.63, 3.8) is 0 Å². The second kappa shape index (κ2) is 7.57. The van der Waals surface area contributed by atoms with Gasteiger partial charge in [0.2, 0.25) is 5.91 Å². The van der Waals surface area contributed by atoms with Gasteiger partial charge in [0.15, 0.2) is 0 Å². The monoisotopic (exact) mass is 246 g/mol. The van der Waals surface area contributed by atoms with Gasteiger partial charge in [-0.25, -0.2) is 0 Å². The number of nitrogens with two attached hydrogens (primary N) is 1. The number of aliphatic hydroxyl groups excluding tert-OH is 1. The molecule has 5 heteroatoms. The fourth-order valence-electron chi connectivity index (χ4n) is 1.61. The Bertz CT molecular complexity index is 244. The second-order valence-electron chi connectivity index (χ2n) is 4.09. The fraction of sp³-hybridized carbons (Fsp3) is 0.818. The zero-order chi connectivity index (χ0) is 12.7. The molecule has 0 bridgehead atoms. The molecule has 0 radical (unpaired) electrons. The summed E-state index contributed by atoms with van der Waals surface area (Å²) in [6.45, 7) is 6.11. The third kappa shape index (κ3) is 4.45. The van der Waals surface area contributed by atoms with Crippen LogP contribution in [0.15, 0.2) is 0 Å². The zero-order valence-corrected chi connectivity index (χ0v) is 11.1. The van der Waals surface area contributed by atoms with Gasteiger partial charge in [0.25, 0.3) is 0 Å². The molecule has 0 aliphatic carbocycles. The minimum absolute atomic E-state index is 0.0416. The molecule has 0 aliphatic rings. The van der Waals surface area contributed by atoms with Crippen LogP contribution in [0.4, 0.5) is 0 Å². The van der Waals surface area contributed by atoms with E-state index in [1.54, 1.807) is 4.90 Å². The molecule has 94 valence electrons. The van der Waals surface area contributed by atoms with Gasteiger partial charge in [-0.05, 0) is 20.3 Å². The number of carbonyl (C=O) groups is 1. The molecule has 0 aliphatic heterocycles. The van der Waals surface area contributed by atoms with Crippen LogP contribution >= 0.6 is 12.2 Å². The highest BCUT2D eigenvalue weighted by Gasteiger charge is 2.27. The second-order valence-corrected chi connectivity index (χ2v) is 4.56. The first-order valence-corrected chi connectivity index (χ1v) is 6.07. The third-order valence-corrected chi connectivity index (χ3v) is 2.75. The van der Waals surface area contributed by atoms with E-state index in [0.717, 1.165) is 6.42 Å². The van der Waals surface area contributed by atoms with Crippen molar-refractivity contribution in [2.45, 2.75) is 39.7 Å². The number of hydrogen-bond donors (Lipinski definition) is 2. The molecule has 16 heavy (non-hydrogen) atoms. The van der Waals surface area contributed by atoms with E-state index >= 15 is 0 Å². The Morgan fingerprint density at radius 1 is 1.50 bits per heavy atom. The third-order valence-electron chi connectivity index (χ3n) is 2.47. The van der Waals surface area contributed by atoms with Crippen LogP contribution in [0, 0.1) is 5.92 Å². The minimum atomic E-state index is -0.394. The molecule has 0 saturated carbocycles. The molecule has 0 aromatic heterocycles. The number of amides is 1. The Morgan fingerprint density at radius 2 is 2.06 bits per heavy atom. The molecule has 0 aromatic rings. The molecule has 0 rings (SSSR count). The first kappa shape index (κ1) is 15.3. The number of hydrogen-bond acceptors (Lipinski definition) is 3. The zero-order valence-electron chi connectivity index (χ0n) is 10.3. The number of aliphatic hydroxyl groups is 1. The van der Waals surface area contributed by atoms with Gasteiger partial charge >= 0.3 is 0 Å². The predicted molar refractivity (Wildman–Crippen MR) is 69.1 cm³/mol. The largest absolute Gasteiger partial charge is 0.395 e. The minimum Gasteiger partial charge on any atom is -0.395 e. The molecule has 0 heterocycles. The van der Waals surface area contributed by atoms with E-state index < -0.39 is 5.92 Å². The Balaban J connectivity index is 4.72. The lowest BCUT2D eigenvalue weighted by Gasteiger charge is -2.29. The van der Waals surface area contributed by atoms with E-state index in [1.165, 1.54) is 0 Å². The van der Waals surface area contributed by atoms with Gasteiger partial charge in [-0.2, -0.15) is 0 Å². The summed E-state index contributed by atoms with van der Waals surface area (Å²) in [6.07, 6.45) is 1.53. The summed E-state index contributed by atoms with van der Waals surface area (Å²) in [5.41, 5.74) is 5.58. The van der Waals surface area contributed by atoms with Crippen LogP contribution in [0.3, 0.4) is 0 Å². The van der Waals surface area contributed by atoms with E-state index in [2.05, 4.69) is 0 Å². The summed E-state index contributed by atoms with van der Waals surface area (Å²) in [5.74, 6) is -0.465. The summed E-state index contributed by atoms with van der Waals surface area (Å²) in [7, 11) is 0. The molecule has 0 fully saturated rings. The molecule has 1 atom stereocenters. The van der Waals surface area contributed by atoms with Gasteiger partial charge < -0.3 is 15.7 Å². The summed E-state index contributed by atoms with van der Waals surface area (Å²) >= 11 is 4.92. The smallest absolute Gasteiger partial charge is 0.232 e. The molecule has 3 N–H and O–H groups in total. The Labute approximate surface area is 103 Å². The van der Waals surface area contributed by atoms with E-state index in [-0.39, 0.29) is 23.5 Å². The standard InChI is InChI=1S/C11H22N2O2S/c1-4-5-9(10(12)16)11(15)13(6-7-14)8(2)3/h8-9,14H,4-7H2,1-3H3,(H2,12,16). The Morgan fingerprint density at radius 3 is 2.38 bits per heavy atom. The van der Waals surface area contributed by atoms with Gasteiger partial charge in [-0.3, -0.25) is 4.79 Å². The SMILES string of the molecule is CCCC(C(=O)N(CCO)C(C)C)C(N)=S. The fourth-order valence-corrected chi connectivity index (χ4v) is 1.83. The molecule has 1 unspecified atom stereocenters. The topological polar surface area (TPSA) is 66.6 Å². The molecular formula is C11H22N2O2S. The maximum atomic E-state index is 12.2. The van der Waals surface area contributed by atoms with Crippen LogP contribution in [-0.4, -0.2) is 40.1 Å². The summed E-state index contributed by atoms with van der Waals surface area (Å²) in [6, 6.07) is 0.0494. The Kier molecular flexibility index (Phi) is 7.25. The average molecular weight is 246 g/mol. The lowest BCUT2D eigenvalue weighted by atomic mass is 10.0. The normalized spacial score (nSPS) is 12.6. The Hall–Kier alpha value is -0.680. The van der Waals surface area contributed by atoms with Crippen LogP contribution < -0.4 is 5.73 Å². The number of carbonyl (C=O) groups excluding carboxylic acids is 1. The molecule has 0 spiro atoms. The first-order valence-electron chi connectivity index (χ1n) is 5.66. The van der Waals surface area contributed by atoms with Crippen molar-refractivity contribution in [1.29, 1.82) is 0 Å². The van der Waals surface area contributed by atoms with Gasteiger partial charge in [-0.1, -0.05) is 25.6 Å². The van der Waals surface area contributed by atoms with Crippen molar-refractivity contribution < 1.29 is 9.90 Å². The quantitative estimate of drug-likeness (QED) is 0.656. The summed E-state index contributed by atoms with van der Waals surface area (Å²) in [4.78, 5) is 14.0. The maximum absolute atomic E-state index is 12.2. The summed E-state index contributed by atoms with van der Waals surface area (Å²) < 4.78 is 0. The molecule has 0 aromatic carbocycles. The number of thiocarbonyl (C=S) groups is 1. The van der Waals surface area contributed by atoms with Crippen LogP contribution in [-0.2, 0) is 4.79 Å². The van der Waals surface area contributed by atoms with Crippen LogP contribution in [0.25, 0.3) is 0 Å².